The van der Waals surface area contributed by atoms with Gasteiger partial charge in [-0.3, -0.25) is 19.4 Å². The smallest absolute Gasteiger partial charge is 0.346 e. The Morgan fingerprint density at radius 2 is 1.79 bits per heavy atom. The van der Waals surface area contributed by atoms with Crippen molar-refractivity contribution in [1.82, 2.24) is 9.97 Å². The largest absolute Gasteiger partial charge is 0.463 e. The van der Waals surface area contributed by atoms with Crippen LogP contribution >= 0.6 is 0 Å². The lowest BCUT2D eigenvalue weighted by Crippen LogP contribution is -2.43. The minimum Gasteiger partial charge on any atom is -0.463 e. The number of carbonyl (C=O) groups excluding carboxylic acids is 3. The predicted molar refractivity (Wildman–Crippen MR) is 94.3 cm³/mol. The molecule has 1 aromatic heterocycles. The van der Waals surface area contributed by atoms with Crippen molar-refractivity contribution < 1.29 is 33.3 Å². The number of aryl methyl sites for hydroxylation is 1. The van der Waals surface area contributed by atoms with Crippen LogP contribution in [0.4, 0.5) is 5.82 Å². The van der Waals surface area contributed by atoms with E-state index < -0.39 is 48.1 Å². The van der Waals surface area contributed by atoms with Crippen LogP contribution in [0.1, 0.15) is 33.3 Å². The number of hydrogen-bond acceptors (Lipinski definition) is 10. The van der Waals surface area contributed by atoms with Gasteiger partial charge in [0.15, 0.2) is 18.4 Å². The topological polar surface area (TPSA) is 146 Å². The van der Waals surface area contributed by atoms with Crippen LogP contribution in [0.2, 0.25) is 0 Å². The Morgan fingerprint density at radius 1 is 1.14 bits per heavy atom. The molecule has 2 N–H and O–H groups in total. The molecule has 0 radical (unpaired) electrons. The third kappa shape index (κ3) is 5.52. The van der Waals surface area contributed by atoms with E-state index in [1.165, 1.54) is 27.0 Å². The molecule has 0 spiro atoms. The van der Waals surface area contributed by atoms with Gasteiger partial charge < -0.3 is 24.3 Å². The molecule has 0 saturated carbocycles. The van der Waals surface area contributed by atoms with Gasteiger partial charge in [0.25, 0.3) is 0 Å². The van der Waals surface area contributed by atoms with Gasteiger partial charge >= 0.3 is 23.6 Å². The van der Waals surface area contributed by atoms with E-state index in [1.807, 2.05) is 6.92 Å². The van der Waals surface area contributed by atoms with Gasteiger partial charge in [-0.05, 0) is 6.42 Å². The number of H-pyrrole nitrogens is 1. The van der Waals surface area contributed by atoms with Gasteiger partial charge in [0, 0.05) is 32.5 Å². The number of aromatic amines is 1. The summed E-state index contributed by atoms with van der Waals surface area (Å²) in [5.74, 6) is -1.45. The molecule has 0 amide bonds. The standard InChI is InChI=1S/C17H23N3O8/c1-5-11-6-18-17(24)20-15(11)19-16-14(27-10(4)23)13(26-9(3)22)12(28-16)7-25-8(2)21/h6,12-14,16H,5,7H2,1-4H3,(H2,18,19,20,24)/t12-,13+,14-,16-/m1/s1. The molecule has 11 heteroatoms. The summed E-state index contributed by atoms with van der Waals surface area (Å²) in [7, 11) is 0. The lowest BCUT2D eigenvalue weighted by molar-refractivity contribution is -0.165. The molecular weight excluding hydrogens is 374 g/mol. The Balaban J connectivity index is 2.32. The van der Waals surface area contributed by atoms with Crippen LogP contribution in [0.3, 0.4) is 0 Å². The zero-order chi connectivity index (χ0) is 20.8. The second-order valence-electron chi connectivity index (χ2n) is 6.13. The van der Waals surface area contributed by atoms with Gasteiger partial charge in [-0.25, -0.2) is 9.78 Å². The highest BCUT2D eigenvalue weighted by Gasteiger charge is 2.50. The van der Waals surface area contributed by atoms with Crippen molar-refractivity contribution in [2.75, 3.05) is 11.9 Å². The van der Waals surface area contributed by atoms with Gasteiger partial charge in [-0.1, -0.05) is 6.92 Å². The summed E-state index contributed by atoms with van der Waals surface area (Å²) in [5, 5.41) is 2.95. The van der Waals surface area contributed by atoms with Crippen LogP contribution in [0.15, 0.2) is 11.0 Å². The highest BCUT2D eigenvalue weighted by molar-refractivity contribution is 5.68. The summed E-state index contributed by atoms with van der Waals surface area (Å²) >= 11 is 0. The Hall–Kier alpha value is -2.95. The van der Waals surface area contributed by atoms with E-state index in [1.54, 1.807) is 0 Å². The van der Waals surface area contributed by atoms with Crippen LogP contribution in [0.5, 0.6) is 0 Å². The zero-order valence-electron chi connectivity index (χ0n) is 16.0. The van der Waals surface area contributed by atoms with Crippen LogP contribution in [-0.4, -0.2) is 59.0 Å². The van der Waals surface area contributed by atoms with Crippen molar-refractivity contribution in [3.05, 3.63) is 22.2 Å². The van der Waals surface area contributed by atoms with Crippen molar-refractivity contribution in [2.45, 2.75) is 58.7 Å². The van der Waals surface area contributed by atoms with E-state index in [9.17, 15) is 19.2 Å². The molecule has 2 rings (SSSR count). The molecule has 11 nitrogen and oxygen atoms in total. The van der Waals surface area contributed by atoms with Crippen molar-refractivity contribution in [1.29, 1.82) is 0 Å². The van der Waals surface area contributed by atoms with Gasteiger partial charge in [0.1, 0.15) is 18.5 Å². The number of rotatable bonds is 7. The average Bonchev–Trinajstić information content (AvgIpc) is 2.89. The quantitative estimate of drug-likeness (QED) is 0.472. The minimum atomic E-state index is -1.04. The fourth-order valence-electron chi connectivity index (χ4n) is 2.79. The first kappa shape index (κ1) is 21.4. The van der Waals surface area contributed by atoms with Crippen LogP contribution in [0, 0.1) is 0 Å². The third-order valence-electron chi connectivity index (χ3n) is 3.92. The highest BCUT2D eigenvalue weighted by Crippen LogP contribution is 2.29. The Bertz CT molecular complexity index is 793. The SMILES string of the molecule is CCc1cnc(=O)[nH]c1N[C@@H]1O[C@H](COC(C)=O)[C@H](OC(C)=O)[C@H]1OC(C)=O. The normalized spacial score (nSPS) is 23.7. The van der Waals surface area contributed by atoms with Crippen LogP contribution in [0.25, 0.3) is 0 Å². The molecule has 0 bridgehead atoms. The van der Waals surface area contributed by atoms with E-state index in [0.717, 1.165) is 0 Å². The molecule has 1 saturated heterocycles. The Labute approximate surface area is 160 Å². The van der Waals surface area contributed by atoms with Gasteiger partial charge in [-0.15, -0.1) is 0 Å². The maximum atomic E-state index is 11.6. The fraction of sp³-hybridized carbons (Fsp3) is 0.588. The summed E-state index contributed by atoms with van der Waals surface area (Å²) in [6.45, 7) is 5.28. The van der Waals surface area contributed by atoms with E-state index in [2.05, 4.69) is 15.3 Å². The molecule has 154 valence electrons. The number of aromatic nitrogens is 2. The number of ether oxygens (including phenoxy) is 4. The highest BCUT2D eigenvalue weighted by atomic mass is 16.7. The van der Waals surface area contributed by atoms with Gasteiger partial charge in [-0.2, -0.15) is 0 Å². The first-order valence-corrected chi connectivity index (χ1v) is 8.69. The molecule has 0 aromatic carbocycles. The summed E-state index contributed by atoms with van der Waals surface area (Å²) in [6.07, 6.45) is -1.94. The summed E-state index contributed by atoms with van der Waals surface area (Å²) in [5.41, 5.74) is 0.118. The summed E-state index contributed by atoms with van der Waals surface area (Å²) in [6, 6.07) is 0. The van der Waals surface area contributed by atoms with Crippen molar-refractivity contribution in [3.8, 4) is 0 Å². The molecule has 4 atom stereocenters. The maximum Gasteiger partial charge on any atom is 0.346 e. The molecule has 0 unspecified atom stereocenters. The Kier molecular flexibility index (Phi) is 7.10. The van der Waals surface area contributed by atoms with Gasteiger partial charge in [0.2, 0.25) is 0 Å². The summed E-state index contributed by atoms with van der Waals surface area (Å²) < 4.78 is 21.3. The molecule has 1 aliphatic rings. The van der Waals surface area contributed by atoms with Crippen LogP contribution in [-0.2, 0) is 39.8 Å². The monoisotopic (exact) mass is 397 g/mol. The molecule has 1 aromatic rings. The third-order valence-corrected chi connectivity index (χ3v) is 3.92. The first-order chi connectivity index (χ1) is 13.2. The van der Waals surface area contributed by atoms with Crippen LogP contribution < -0.4 is 11.0 Å². The van der Waals surface area contributed by atoms with Gasteiger partial charge in [0.05, 0.1) is 0 Å². The number of hydrogen-bond donors (Lipinski definition) is 2. The second kappa shape index (κ2) is 9.31. The number of nitrogens with one attached hydrogen (secondary N) is 2. The molecule has 1 aliphatic heterocycles. The van der Waals surface area contributed by atoms with Crippen molar-refractivity contribution in [2.24, 2.45) is 0 Å². The molecular formula is C17H23N3O8. The van der Waals surface area contributed by atoms with E-state index in [4.69, 9.17) is 18.9 Å². The maximum absolute atomic E-state index is 11.6. The number of anilines is 1. The number of esters is 3. The fourth-order valence-corrected chi connectivity index (χ4v) is 2.79. The molecule has 1 fully saturated rings. The molecule has 28 heavy (non-hydrogen) atoms. The molecule has 0 aliphatic carbocycles. The Morgan fingerprint density at radius 3 is 2.36 bits per heavy atom. The van der Waals surface area contributed by atoms with Crippen molar-refractivity contribution >= 4 is 23.7 Å². The second-order valence-corrected chi connectivity index (χ2v) is 6.13. The van der Waals surface area contributed by atoms with E-state index in [-0.39, 0.29) is 6.61 Å². The average molecular weight is 397 g/mol. The van der Waals surface area contributed by atoms with Crippen molar-refractivity contribution in [3.63, 3.8) is 0 Å². The minimum absolute atomic E-state index is 0.212. The number of carbonyl (C=O) groups is 3. The summed E-state index contributed by atoms with van der Waals surface area (Å²) in [4.78, 5) is 52.1. The van der Waals surface area contributed by atoms with E-state index >= 15 is 0 Å². The lowest BCUT2D eigenvalue weighted by atomic mass is 10.1. The number of nitrogens with zero attached hydrogens (tertiary/aromatic N) is 1. The first-order valence-electron chi connectivity index (χ1n) is 8.69. The lowest BCUT2D eigenvalue weighted by Gasteiger charge is -2.24. The molecule has 2 heterocycles. The zero-order valence-corrected chi connectivity index (χ0v) is 16.0. The van der Waals surface area contributed by atoms with E-state index in [0.29, 0.717) is 17.8 Å². The predicted octanol–water partition coefficient (Wildman–Crippen LogP) is -0.104.